The normalized spacial score (nSPS) is 11.6. The summed E-state index contributed by atoms with van der Waals surface area (Å²) in [4.78, 5) is 1.38. The Morgan fingerprint density at radius 2 is 1.17 bits per heavy atom. The van der Waals surface area contributed by atoms with E-state index in [-0.39, 0.29) is 10.9 Å². The molecule has 0 N–H and O–H groups in total. The maximum atomic E-state index is 6.25. The summed E-state index contributed by atoms with van der Waals surface area (Å²) in [6.45, 7) is 5.77. The predicted molar refractivity (Wildman–Crippen MR) is 154 cm³/mol. The lowest BCUT2D eigenvalue weighted by atomic mass is 10.1. The predicted octanol–water partition coefficient (Wildman–Crippen LogP) is 8.42. The van der Waals surface area contributed by atoms with E-state index in [1.54, 1.807) is 0 Å². The van der Waals surface area contributed by atoms with Gasteiger partial charge < -0.3 is 9.47 Å². The van der Waals surface area contributed by atoms with Crippen molar-refractivity contribution in [3.05, 3.63) is 89.0 Å². The van der Waals surface area contributed by atoms with Gasteiger partial charge in [0.2, 0.25) is 0 Å². The third-order valence-corrected chi connectivity index (χ3v) is 6.87. The standard InChI is InChI=1S/C32H38O2S/c1-5-7-22-33-31-25-29(19-15-27-16-20-30(21-17-27)35(3)4)32(34-23-8-6-2)24-28(31)18-14-26-12-10-9-11-13-26/h10-21,24-25H,5-8,22-23H2,1-4H3/q+1/b18-14+,19-15+. The van der Waals surface area contributed by atoms with E-state index in [4.69, 9.17) is 9.47 Å². The van der Waals surface area contributed by atoms with E-state index in [1.165, 1.54) is 10.5 Å². The summed E-state index contributed by atoms with van der Waals surface area (Å²) >= 11 is 0. The van der Waals surface area contributed by atoms with Gasteiger partial charge in [-0.2, -0.15) is 0 Å². The number of unbranched alkanes of at least 4 members (excludes halogenated alkanes) is 2. The Bertz CT molecular complexity index is 1080. The molecule has 0 aliphatic rings. The van der Waals surface area contributed by atoms with Crippen LogP contribution in [0.4, 0.5) is 0 Å². The molecule has 183 valence electrons. The van der Waals surface area contributed by atoms with E-state index in [0.29, 0.717) is 13.2 Å². The molecule has 1 radical (unpaired) electrons. The molecule has 3 aromatic rings. The van der Waals surface area contributed by atoms with Gasteiger partial charge in [0.1, 0.15) is 24.0 Å². The van der Waals surface area contributed by atoms with Gasteiger partial charge in [-0.05, 0) is 54.3 Å². The van der Waals surface area contributed by atoms with Gasteiger partial charge in [-0.1, -0.05) is 87.4 Å². The molecule has 35 heavy (non-hydrogen) atoms. The van der Waals surface area contributed by atoms with E-state index in [9.17, 15) is 0 Å². The fourth-order valence-electron chi connectivity index (χ4n) is 3.49. The molecule has 3 heteroatoms. The average Bonchev–Trinajstić information content (AvgIpc) is 2.88. The van der Waals surface area contributed by atoms with Gasteiger partial charge in [-0.15, -0.1) is 0 Å². The van der Waals surface area contributed by atoms with Crippen molar-refractivity contribution in [3.63, 3.8) is 0 Å². The first-order valence-corrected chi connectivity index (χ1v) is 14.6. The van der Waals surface area contributed by atoms with Crippen molar-refractivity contribution in [1.82, 2.24) is 0 Å². The highest BCUT2D eigenvalue weighted by atomic mass is 32.2. The van der Waals surface area contributed by atoms with Crippen molar-refractivity contribution < 1.29 is 9.47 Å². The number of rotatable bonds is 13. The second kappa shape index (κ2) is 14.5. The van der Waals surface area contributed by atoms with Crippen molar-refractivity contribution in [3.8, 4) is 11.5 Å². The Hall–Kier alpha value is -2.91. The van der Waals surface area contributed by atoms with Crippen molar-refractivity contribution in [2.24, 2.45) is 0 Å². The number of ether oxygens (including phenoxy) is 2. The fourth-order valence-corrected chi connectivity index (χ4v) is 4.17. The van der Waals surface area contributed by atoms with Gasteiger partial charge >= 0.3 is 0 Å². The van der Waals surface area contributed by atoms with E-state index in [0.717, 1.165) is 53.9 Å². The van der Waals surface area contributed by atoms with Crippen LogP contribution >= 0.6 is 0 Å². The smallest absolute Gasteiger partial charge is 0.154 e. The van der Waals surface area contributed by atoms with Gasteiger partial charge in [-0.25, -0.2) is 0 Å². The zero-order chi connectivity index (χ0) is 24.9. The van der Waals surface area contributed by atoms with Crippen LogP contribution in [0, 0.1) is 6.07 Å². The van der Waals surface area contributed by atoms with Crippen molar-refractivity contribution in [1.29, 1.82) is 0 Å². The molecule has 0 spiro atoms. The van der Waals surface area contributed by atoms with Crippen LogP contribution in [0.5, 0.6) is 11.5 Å². The van der Waals surface area contributed by atoms with Crippen LogP contribution in [0.3, 0.4) is 0 Å². The van der Waals surface area contributed by atoms with Gasteiger partial charge in [0.15, 0.2) is 4.90 Å². The monoisotopic (exact) mass is 486 g/mol. The topological polar surface area (TPSA) is 18.5 Å². The van der Waals surface area contributed by atoms with Crippen LogP contribution in [0.25, 0.3) is 24.3 Å². The first-order valence-electron chi connectivity index (χ1n) is 12.5. The molecule has 0 amide bonds. The lowest BCUT2D eigenvalue weighted by Crippen LogP contribution is -2.02. The van der Waals surface area contributed by atoms with E-state index < -0.39 is 0 Å². The van der Waals surface area contributed by atoms with Gasteiger partial charge in [-0.3, -0.25) is 0 Å². The van der Waals surface area contributed by atoms with Crippen LogP contribution in [0.15, 0.2) is 65.6 Å². The lowest BCUT2D eigenvalue weighted by Gasteiger charge is -2.15. The number of benzene rings is 3. The molecule has 0 bridgehead atoms. The summed E-state index contributed by atoms with van der Waals surface area (Å²) in [5.41, 5.74) is 4.37. The summed E-state index contributed by atoms with van der Waals surface area (Å²) in [6.07, 6.45) is 17.3. The highest BCUT2D eigenvalue weighted by molar-refractivity contribution is 7.95. The van der Waals surface area contributed by atoms with Crippen LogP contribution in [0.1, 0.15) is 61.8 Å². The van der Waals surface area contributed by atoms with Crippen LogP contribution in [-0.4, -0.2) is 25.7 Å². The fraction of sp³-hybridized carbons (Fsp3) is 0.312. The van der Waals surface area contributed by atoms with Crippen molar-refractivity contribution in [2.45, 2.75) is 44.4 Å². The van der Waals surface area contributed by atoms with E-state index in [2.05, 4.69) is 105 Å². The summed E-state index contributed by atoms with van der Waals surface area (Å²) in [7, 11) is 0.269. The molecule has 0 saturated heterocycles. The molecule has 3 aromatic carbocycles. The lowest BCUT2D eigenvalue weighted by molar-refractivity contribution is 0.300. The molecule has 0 fully saturated rings. The van der Waals surface area contributed by atoms with Gasteiger partial charge in [0.25, 0.3) is 0 Å². The average molecular weight is 487 g/mol. The molecule has 2 nitrogen and oxygen atoms in total. The minimum Gasteiger partial charge on any atom is -0.493 e. The molecule has 0 aromatic heterocycles. The largest absolute Gasteiger partial charge is 0.493 e. The zero-order valence-electron chi connectivity index (χ0n) is 21.6. The van der Waals surface area contributed by atoms with Crippen molar-refractivity contribution in [2.75, 3.05) is 25.7 Å². The summed E-state index contributed by atoms with van der Waals surface area (Å²) in [5.74, 6) is 1.77. The molecule has 0 heterocycles. The zero-order valence-corrected chi connectivity index (χ0v) is 22.4. The third-order valence-electron chi connectivity index (χ3n) is 5.66. The molecule has 3 rings (SSSR count). The van der Waals surface area contributed by atoms with Crippen LogP contribution in [-0.2, 0) is 10.9 Å². The summed E-state index contributed by atoms with van der Waals surface area (Å²) in [6, 6.07) is 24.1. The van der Waals surface area contributed by atoms with E-state index >= 15 is 0 Å². The minimum absolute atomic E-state index is 0.269. The third kappa shape index (κ3) is 8.67. The Balaban J connectivity index is 1.95. The molecule has 0 aliphatic carbocycles. The number of hydrogen-bond donors (Lipinski definition) is 0. The number of hydrogen-bond acceptors (Lipinski definition) is 2. The quantitative estimate of drug-likeness (QED) is 0.137. The van der Waals surface area contributed by atoms with Crippen LogP contribution < -0.4 is 9.47 Å². The minimum atomic E-state index is 0.269. The Morgan fingerprint density at radius 3 is 1.63 bits per heavy atom. The maximum Gasteiger partial charge on any atom is 0.154 e. The van der Waals surface area contributed by atoms with Gasteiger partial charge in [0, 0.05) is 22.0 Å². The Morgan fingerprint density at radius 1 is 0.686 bits per heavy atom. The van der Waals surface area contributed by atoms with Crippen molar-refractivity contribution >= 4 is 35.2 Å². The summed E-state index contributed by atoms with van der Waals surface area (Å²) in [5, 5.41) is 0. The molecule has 0 unspecified atom stereocenters. The van der Waals surface area contributed by atoms with E-state index in [1.807, 2.05) is 12.1 Å². The maximum absolute atomic E-state index is 6.25. The highest BCUT2D eigenvalue weighted by Gasteiger charge is 2.11. The molecular formula is C32H38O2S+. The Labute approximate surface area is 215 Å². The first kappa shape index (κ1) is 26.7. The summed E-state index contributed by atoms with van der Waals surface area (Å²) < 4.78 is 12.5. The molecular weight excluding hydrogens is 448 g/mol. The van der Waals surface area contributed by atoms with Gasteiger partial charge in [0.05, 0.1) is 13.2 Å². The highest BCUT2D eigenvalue weighted by Crippen LogP contribution is 2.32. The Kier molecular flexibility index (Phi) is 11.0. The molecule has 0 atom stereocenters. The SMILES string of the molecule is CCCCOc1cc(/C=C/c2ccc([S+](C)C)cc2)c(OCCCC)cc1/C=C/c1cc[c]cc1. The van der Waals surface area contributed by atoms with Crippen LogP contribution in [0.2, 0.25) is 0 Å². The first-order chi connectivity index (χ1) is 17.1. The molecule has 0 saturated carbocycles. The second-order valence-electron chi connectivity index (χ2n) is 8.72. The second-order valence-corrected chi connectivity index (χ2v) is 10.8. The molecule has 0 aliphatic heterocycles.